The van der Waals surface area contributed by atoms with Crippen molar-refractivity contribution < 1.29 is 9.90 Å². The van der Waals surface area contributed by atoms with Gasteiger partial charge in [0.2, 0.25) is 0 Å². The van der Waals surface area contributed by atoms with Gasteiger partial charge in [-0.2, -0.15) is 5.10 Å². The summed E-state index contributed by atoms with van der Waals surface area (Å²) in [5, 5.41) is 15.9. The number of fused-ring (bicyclic) bond motifs is 2. The molecule has 7 heteroatoms. The number of rotatable bonds is 4. The number of para-hydroxylation sites is 1. The lowest BCUT2D eigenvalue weighted by molar-refractivity contribution is 0.0740. The van der Waals surface area contributed by atoms with Gasteiger partial charge in [-0.1, -0.05) is 24.3 Å². The molecular formula is C21H25N5O2. The van der Waals surface area contributed by atoms with Crippen LogP contribution in [0, 0.1) is 0 Å². The molecule has 2 aromatic heterocycles. The van der Waals surface area contributed by atoms with Gasteiger partial charge in [0.1, 0.15) is 11.8 Å². The number of likely N-dealkylation sites (N-methyl/N-ethyl adjacent to an activating group) is 1. The molecule has 0 bridgehead atoms. The maximum absolute atomic E-state index is 13.1. The Hall–Kier alpha value is -2.77. The van der Waals surface area contributed by atoms with Crippen molar-refractivity contribution in [2.24, 2.45) is 0 Å². The summed E-state index contributed by atoms with van der Waals surface area (Å²) in [5.41, 5.74) is 2.88. The van der Waals surface area contributed by atoms with E-state index in [1.54, 1.807) is 6.07 Å². The van der Waals surface area contributed by atoms with E-state index in [1.165, 1.54) is 0 Å². The Morgan fingerprint density at radius 2 is 2.04 bits per heavy atom. The summed E-state index contributed by atoms with van der Waals surface area (Å²) >= 11 is 0. The lowest BCUT2D eigenvalue weighted by Gasteiger charge is -2.19. The quantitative estimate of drug-likeness (QED) is 0.751. The largest absolute Gasteiger partial charge is 0.385 e. The van der Waals surface area contributed by atoms with Crippen LogP contribution in [0.25, 0.3) is 10.9 Å². The molecule has 1 N–H and O–H groups in total. The van der Waals surface area contributed by atoms with Crippen LogP contribution in [0.1, 0.15) is 34.4 Å². The Morgan fingerprint density at radius 3 is 2.86 bits per heavy atom. The second-order valence-corrected chi connectivity index (χ2v) is 7.53. The average molecular weight is 379 g/mol. The summed E-state index contributed by atoms with van der Waals surface area (Å²) in [7, 11) is 3.84. The van der Waals surface area contributed by atoms with Crippen LogP contribution in [0.2, 0.25) is 0 Å². The van der Waals surface area contributed by atoms with Crippen molar-refractivity contribution in [3.05, 3.63) is 59.5 Å². The fraction of sp³-hybridized carbons (Fsp3) is 0.381. The van der Waals surface area contributed by atoms with Gasteiger partial charge in [0, 0.05) is 25.0 Å². The molecule has 28 heavy (non-hydrogen) atoms. The van der Waals surface area contributed by atoms with Crippen LogP contribution in [0.4, 0.5) is 0 Å². The number of aliphatic hydroxyl groups is 1. The molecule has 0 radical (unpaired) electrons. The average Bonchev–Trinajstić information content (AvgIpc) is 2.98. The molecule has 4 rings (SSSR count). The number of nitrogens with zero attached hydrogens (tertiary/aromatic N) is 5. The van der Waals surface area contributed by atoms with Gasteiger partial charge < -0.3 is 14.9 Å². The maximum atomic E-state index is 13.1. The van der Waals surface area contributed by atoms with Gasteiger partial charge in [0.25, 0.3) is 5.91 Å². The number of amides is 1. The molecule has 3 heterocycles. The van der Waals surface area contributed by atoms with E-state index in [-0.39, 0.29) is 5.91 Å². The van der Waals surface area contributed by atoms with Crippen LogP contribution in [0.3, 0.4) is 0 Å². The molecule has 0 fully saturated rings. The first-order chi connectivity index (χ1) is 13.5. The molecule has 3 aromatic rings. The molecule has 146 valence electrons. The summed E-state index contributed by atoms with van der Waals surface area (Å²) in [6, 6.07) is 13.4. The van der Waals surface area contributed by atoms with Crippen molar-refractivity contribution in [3.8, 4) is 0 Å². The van der Waals surface area contributed by atoms with E-state index in [9.17, 15) is 9.90 Å². The second-order valence-electron chi connectivity index (χ2n) is 7.53. The van der Waals surface area contributed by atoms with Crippen LogP contribution < -0.4 is 0 Å². The second kappa shape index (κ2) is 7.69. The third kappa shape index (κ3) is 3.76. The highest BCUT2D eigenvalue weighted by Gasteiger charge is 2.24. The smallest absolute Gasteiger partial charge is 0.272 e. The van der Waals surface area contributed by atoms with Crippen LogP contribution in [0.5, 0.6) is 0 Å². The minimum absolute atomic E-state index is 0.0733. The minimum Gasteiger partial charge on any atom is -0.385 e. The standard InChI is InChI=1S/C21H25N5O2/c1-24(2)14-20(27)19-12-16-13-25(10-5-11-26(16)23-19)21(28)18-9-8-15-6-3-4-7-17(15)22-18/h3-4,6-9,12,20,27H,5,10-11,13-14H2,1-2H3/t20-/m0/s1. The molecule has 1 aliphatic rings. The SMILES string of the molecule is CN(C)C[C@H](O)c1cc2n(n1)CCCN(C(=O)c1ccc3ccccc3n1)C2. The Labute approximate surface area is 164 Å². The molecule has 1 aliphatic heterocycles. The molecule has 1 atom stereocenters. The molecule has 1 amide bonds. The van der Waals surface area contributed by atoms with Gasteiger partial charge in [-0.3, -0.25) is 9.48 Å². The lowest BCUT2D eigenvalue weighted by Crippen LogP contribution is -2.31. The molecule has 0 saturated heterocycles. The number of carbonyl (C=O) groups excluding carboxylic acids is 1. The highest BCUT2D eigenvalue weighted by molar-refractivity contribution is 5.94. The van der Waals surface area contributed by atoms with Crippen molar-refractivity contribution in [1.29, 1.82) is 0 Å². The number of aryl methyl sites for hydroxylation is 1. The van der Waals surface area contributed by atoms with Gasteiger partial charge in [-0.25, -0.2) is 4.98 Å². The fourth-order valence-electron chi connectivity index (χ4n) is 3.61. The van der Waals surface area contributed by atoms with Crippen LogP contribution in [-0.2, 0) is 13.1 Å². The summed E-state index contributed by atoms with van der Waals surface area (Å²) in [6.07, 6.45) is 0.178. The van der Waals surface area contributed by atoms with Crippen molar-refractivity contribution in [2.75, 3.05) is 27.2 Å². The van der Waals surface area contributed by atoms with Gasteiger partial charge >= 0.3 is 0 Å². The predicted molar refractivity (Wildman–Crippen MR) is 107 cm³/mol. The molecule has 1 aromatic carbocycles. The zero-order valence-corrected chi connectivity index (χ0v) is 16.2. The summed E-state index contributed by atoms with van der Waals surface area (Å²) < 4.78 is 1.91. The van der Waals surface area contributed by atoms with Gasteiger partial charge in [0.05, 0.1) is 23.4 Å². The first-order valence-electron chi connectivity index (χ1n) is 9.56. The van der Waals surface area contributed by atoms with Crippen molar-refractivity contribution in [1.82, 2.24) is 24.6 Å². The van der Waals surface area contributed by atoms with E-state index in [2.05, 4.69) is 10.1 Å². The number of pyridine rings is 1. The van der Waals surface area contributed by atoms with Crippen LogP contribution in [-0.4, -0.2) is 62.8 Å². The zero-order chi connectivity index (χ0) is 19.7. The van der Waals surface area contributed by atoms with Gasteiger partial charge in [-0.15, -0.1) is 0 Å². The number of benzene rings is 1. The number of carbonyl (C=O) groups is 1. The third-order valence-corrected chi connectivity index (χ3v) is 5.02. The van der Waals surface area contributed by atoms with Crippen molar-refractivity contribution in [2.45, 2.75) is 25.6 Å². The summed E-state index contributed by atoms with van der Waals surface area (Å²) in [5.74, 6) is -0.0733. The summed E-state index contributed by atoms with van der Waals surface area (Å²) in [4.78, 5) is 21.4. The Balaban J connectivity index is 1.56. The van der Waals surface area contributed by atoms with E-state index in [4.69, 9.17) is 0 Å². The van der Waals surface area contributed by atoms with Gasteiger partial charge in [-0.05, 0) is 38.7 Å². The van der Waals surface area contributed by atoms with Crippen molar-refractivity contribution in [3.63, 3.8) is 0 Å². The molecule has 0 spiro atoms. The summed E-state index contributed by atoms with van der Waals surface area (Å²) in [6.45, 7) is 2.38. The number of aliphatic hydroxyl groups excluding tert-OH is 1. The third-order valence-electron chi connectivity index (χ3n) is 5.02. The lowest BCUT2D eigenvalue weighted by atomic mass is 10.2. The Bertz CT molecular complexity index is 997. The van der Waals surface area contributed by atoms with E-state index in [0.29, 0.717) is 31.0 Å². The highest BCUT2D eigenvalue weighted by Crippen LogP contribution is 2.20. The Kier molecular flexibility index (Phi) is 5.11. The predicted octanol–water partition coefficient (Wildman–Crippen LogP) is 2.07. The molecule has 0 unspecified atom stereocenters. The van der Waals surface area contributed by atoms with E-state index >= 15 is 0 Å². The van der Waals surface area contributed by atoms with E-state index < -0.39 is 6.10 Å². The normalized spacial score (nSPS) is 15.5. The van der Waals surface area contributed by atoms with E-state index in [0.717, 1.165) is 29.6 Å². The van der Waals surface area contributed by atoms with Crippen LogP contribution >= 0.6 is 0 Å². The first kappa shape index (κ1) is 18.6. The molecule has 0 aliphatic carbocycles. The molecule has 0 saturated carbocycles. The highest BCUT2D eigenvalue weighted by atomic mass is 16.3. The van der Waals surface area contributed by atoms with Crippen LogP contribution in [0.15, 0.2) is 42.5 Å². The monoisotopic (exact) mass is 379 g/mol. The number of aromatic nitrogens is 3. The molecular weight excluding hydrogens is 354 g/mol. The van der Waals surface area contributed by atoms with E-state index in [1.807, 2.05) is 65.0 Å². The minimum atomic E-state index is -0.638. The fourth-order valence-corrected chi connectivity index (χ4v) is 3.61. The maximum Gasteiger partial charge on any atom is 0.272 e. The van der Waals surface area contributed by atoms with Crippen molar-refractivity contribution >= 4 is 16.8 Å². The number of hydrogen-bond acceptors (Lipinski definition) is 5. The number of hydrogen-bond donors (Lipinski definition) is 1. The Morgan fingerprint density at radius 1 is 1.21 bits per heavy atom. The zero-order valence-electron chi connectivity index (χ0n) is 16.2. The topological polar surface area (TPSA) is 74.5 Å². The molecule has 7 nitrogen and oxygen atoms in total. The van der Waals surface area contributed by atoms with Gasteiger partial charge in [0.15, 0.2) is 0 Å². The first-order valence-corrected chi connectivity index (χ1v) is 9.56.